The summed E-state index contributed by atoms with van der Waals surface area (Å²) in [6.45, 7) is 2.69. The zero-order valence-electron chi connectivity index (χ0n) is 15.6. The first-order valence-corrected chi connectivity index (χ1v) is 9.98. The predicted octanol–water partition coefficient (Wildman–Crippen LogP) is 3.92. The van der Waals surface area contributed by atoms with E-state index in [1.807, 2.05) is 54.6 Å². The van der Waals surface area contributed by atoms with Crippen molar-refractivity contribution in [2.24, 2.45) is 5.92 Å². The summed E-state index contributed by atoms with van der Waals surface area (Å²) in [6.07, 6.45) is 4.09. The van der Waals surface area contributed by atoms with Crippen LogP contribution >= 0.6 is 11.6 Å². The molecule has 1 atom stereocenters. The third-order valence-electron chi connectivity index (χ3n) is 5.05. The van der Waals surface area contributed by atoms with Gasteiger partial charge < -0.3 is 10.6 Å². The molecule has 4 rings (SSSR count). The first-order valence-electron chi connectivity index (χ1n) is 9.60. The fraction of sp³-hybridized carbons (Fsp3) is 0.273. The zero-order valence-corrected chi connectivity index (χ0v) is 16.3. The van der Waals surface area contributed by atoms with Crippen LogP contribution in [0.4, 0.5) is 0 Å². The monoisotopic (exact) mass is 394 g/mol. The first kappa shape index (κ1) is 18.7. The van der Waals surface area contributed by atoms with Gasteiger partial charge in [-0.25, -0.2) is 4.68 Å². The molecule has 28 heavy (non-hydrogen) atoms. The number of halogens is 1. The number of hydrogen-bond acceptors (Lipinski definition) is 3. The Labute approximate surface area is 169 Å². The molecule has 1 amide bonds. The van der Waals surface area contributed by atoms with E-state index < -0.39 is 0 Å². The van der Waals surface area contributed by atoms with Gasteiger partial charge in [0.2, 0.25) is 0 Å². The van der Waals surface area contributed by atoms with E-state index in [1.165, 1.54) is 0 Å². The molecule has 1 unspecified atom stereocenters. The summed E-state index contributed by atoms with van der Waals surface area (Å²) < 4.78 is 1.75. The summed E-state index contributed by atoms with van der Waals surface area (Å²) in [5.41, 5.74) is 2.99. The maximum absolute atomic E-state index is 13.0. The summed E-state index contributed by atoms with van der Waals surface area (Å²) >= 11 is 6.03. The van der Waals surface area contributed by atoms with Crippen LogP contribution < -0.4 is 10.6 Å². The molecule has 6 heteroatoms. The highest BCUT2D eigenvalue weighted by Crippen LogP contribution is 2.25. The molecule has 1 fully saturated rings. The second-order valence-corrected chi connectivity index (χ2v) is 7.54. The number of benzene rings is 2. The molecular formula is C22H23ClN4O. The van der Waals surface area contributed by atoms with Crippen molar-refractivity contribution < 1.29 is 4.79 Å². The number of nitrogens with one attached hydrogen (secondary N) is 2. The van der Waals surface area contributed by atoms with Crippen LogP contribution in [0.25, 0.3) is 16.9 Å². The Morgan fingerprint density at radius 1 is 1.18 bits per heavy atom. The van der Waals surface area contributed by atoms with Gasteiger partial charge in [-0.1, -0.05) is 41.9 Å². The highest BCUT2D eigenvalue weighted by atomic mass is 35.5. The quantitative estimate of drug-likeness (QED) is 0.689. The van der Waals surface area contributed by atoms with Gasteiger partial charge in [0, 0.05) is 23.3 Å². The Morgan fingerprint density at radius 2 is 1.96 bits per heavy atom. The van der Waals surface area contributed by atoms with E-state index in [-0.39, 0.29) is 5.91 Å². The summed E-state index contributed by atoms with van der Waals surface area (Å²) in [4.78, 5) is 13.0. The third-order valence-corrected chi connectivity index (χ3v) is 5.30. The van der Waals surface area contributed by atoms with Gasteiger partial charge in [-0.15, -0.1) is 0 Å². The molecule has 0 bridgehead atoms. The Balaban J connectivity index is 1.62. The fourth-order valence-corrected chi connectivity index (χ4v) is 3.63. The number of amides is 1. The third kappa shape index (κ3) is 4.26. The first-order chi connectivity index (χ1) is 13.7. The molecule has 1 aliphatic rings. The summed E-state index contributed by atoms with van der Waals surface area (Å²) in [7, 11) is 0. The van der Waals surface area contributed by atoms with Crippen molar-refractivity contribution in [3.05, 3.63) is 71.4 Å². The summed E-state index contributed by atoms with van der Waals surface area (Å²) in [5, 5.41) is 11.8. The van der Waals surface area contributed by atoms with Gasteiger partial charge in [0.15, 0.2) is 0 Å². The standard InChI is InChI=1S/C22H23ClN4O/c23-18-10-8-17(9-11-18)21-20(15-27(26-21)19-6-2-1-3-7-19)22(28)25-14-16-5-4-12-24-13-16/h1-3,6-11,15-16,24H,4-5,12-14H2,(H,25,28). The van der Waals surface area contributed by atoms with Gasteiger partial charge >= 0.3 is 0 Å². The van der Waals surface area contributed by atoms with Crippen molar-refractivity contribution in [1.29, 1.82) is 0 Å². The van der Waals surface area contributed by atoms with Crippen LogP contribution in [0.1, 0.15) is 23.2 Å². The molecule has 1 aliphatic heterocycles. The fourth-order valence-electron chi connectivity index (χ4n) is 3.50. The zero-order chi connectivity index (χ0) is 19.3. The molecule has 5 nitrogen and oxygen atoms in total. The van der Waals surface area contributed by atoms with E-state index in [9.17, 15) is 4.79 Å². The van der Waals surface area contributed by atoms with E-state index in [1.54, 1.807) is 10.9 Å². The average molecular weight is 395 g/mol. The second kappa shape index (κ2) is 8.59. The van der Waals surface area contributed by atoms with Gasteiger partial charge in [0.25, 0.3) is 5.91 Å². The lowest BCUT2D eigenvalue weighted by molar-refractivity contribution is 0.0945. The lowest BCUT2D eigenvalue weighted by Crippen LogP contribution is -2.38. The van der Waals surface area contributed by atoms with Crippen LogP contribution in [0.2, 0.25) is 5.02 Å². The number of para-hydroxylation sites is 1. The second-order valence-electron chi connectivity index (χ2n) is 7.10. The molecule has 0 aliphatic carbocycles. The largest absolute Gasteiger partial charge is 0.352 e. The SMILES string of the molecule is O=C(NCC1CCCNC1)c1cn(-c2ccccc2)nc1-c1ccc(Cl)cc1. The number of piperidine rings is 1. The van der Waals surface area contributed by atoms with Crippen molar-refractivity contribution >= 4 is 17.5 Å². The van der Waals surface area contributed by atoms with Gasteiger partial charge in [-0.2, -0.15) is 5.10 Å². The lowest BCUT2D eigenvalue weighted by Gasteiger charge is -2.22. The molecule has 3 aromatic rings. The van der Waals surface area contributed by atoms with Crippen molar-refractivity contribution in [1.82, 2.24) is 20.4 Å². The molecule has 1 aromatic heterocycles. The minimum atomic E-state index is -0.0993. The van der Waals surface area contributed by atoms with E-state index in [0.717, 1.165) is 37.2 Å². The molecular weight excluding hydrogens is 372 g/mol. The van der Waals surface area contributed by atoms with Crippen LogP contribution in [0.15, 0.2) is 60.8 Å². The van der Waals surface area contributed by atoms with Crippen molar-refractivity contribution in [3.8, 4) is 16.9 Å². The maximum Gasteiger partial charge on any atom is 0.255 e. The Hall–Kier alpha value is -2.63. The molecule has 0 saturated carbocycles. The minimum absolute atomic E-state index is 0.0993. The Bertz CT molecular complexity index is 931. The van der Waals surface area contributed by atoms with Crippen LogP contribution in [0, 0.1) is 5.92 Å². The highest BCUT2D eigenvalue weighted by molar-refractivity contribution is 6.30. The topological polar surface area (TPSA) is 59.0 Å². The van der Waals surface area contributed by atoms with Crippen LogP contribution in [-0.4, -0.2) is 35.3 Å². The molecule has 1 saturated heterocycles. The molecule has 2 N–H and O–H groups in total. The van der Waals surface area contributed by atoms with Gasteiger partial charge in [-0.3, -0.25) is 4.79 Å². The van der Waals surface area contributed by atoms with Gasteiger partial charge in [0.05, 0.1) is 11.3 Å². The Kier molecular flexibility index (Phi) is 5.74. The van der Waals surface area contributed by atoms with Crippen LogP contribution in [-0.2, 0) is 0 Å². The van der Waals surface area contributed by atoms with E-state index in [2.05, 4.69) is 10.6 Å². The maximum atomic E-state index is 13.0. The highest BCUT2D eigenvalue weighted by Gasteiger charge is 2.20. The van der Waals surface area contributed by atoms with Crippen LogP contribution in [0.3, 0.4) is 0 Å². The van der Waals surface area contributed by atoms with E-state index >= 15 is 0 Å². The van der Waals surface area contributed by atoms with Gasteiger partial charge in [0.1, 0.15) is 5.69 Å². The average Bonchev–Trinajstić information content (AvgIpc) is 3.19. The summed E-state index contributed by atoms with van der Waals surface area (Å²) in [5.74, 6) is 0.374. The molecule has 2 heterocycles. The van der Waals surface area contributed by atoms with Crippen molar-refractivity contribution in [2.75, 3.05) is 19.6 Å². The number of rotatable bonds is 5. The smallest absolute Gasteiger partial charge is 0.255 e. The van der Waals surface area contributed by atoms with Crippen LogP contribution in [0.5, 0.6) is 0 Å². The normalized spacial score (nSPS) is 16.7. The number of carbonyl (C=O) groups is 1. The molecule has 2 aromatic carbocycles. The van der Waals surface area contributed by atoms with Gasteiger partial charge in [-0.05, 0) is 56.1 Å². The minimum Gasteiger partial charge on any atom is -0.352 e. The summed E-state index contributed by atoms with van der Waals surface area (Å²) in [6, 6.07) is 17.2. The number of nitrogens with zero attached hydrogens (tertiary/aromatic N) is 2. The predicted molar refractivity (Wildman–Crippen MR) is 112 cm³/mol. The number of hydrogen-bond donors (Lipinski definition) is 2. The molecule has 144 valence electrons. The Morgan fingerprint density at radius 3 is 2.68 bits per heavy atom. The lowest BCUT2D eigenvalue weighted by atomic mass is 9.99. The number of carbonyl (C=O) groups excluding carboxylic acids is 1. The van der Waals surface area contributed by atoms with Crippen molar-refractivity contribution in [3.63, 3.8) is 0 Å². The molecule has 0 spiro atoms. The molecule has 0 radical (unpaired) electrons. The number of aromatic nitrogens is 2. The van der Waals surface area contributed by atoms with Crippen molar-refractivity contribution in [2.45, 2.75) is 12.8 Å². The van der Waals surface area contributed by atoms with E-state index in [0.29, 0.717) is 28.7 Å². The van der Waals surface area contributed by atoms with E-state index in [4.69, 9.17) is 16.7 Å².